The van der Waals surface area contributed by atoms with Gasteiger partial charge in [-0.15, -0.1) is 0 Å². The standard InChI is InChI=1S/C14H21FN2/c1-11-8-17(14(2,3)10-16-11)9-12-5-4-6-13(15)7-12/h4-7,11,16H,8-10H2,1-3H3. The molecule has 1 atom stereocenters. The Bertz CT molecular complexity index is 390. The summed E-state index contributed by atoms with van der Waals surface area (Å²) in [5.41, 5.74) is 1.17. The Labute approximate surface area is 103 Å². The van der Waals surface area contributed by atoms with Crippen molar-refractivity contribution in [1.29, 1.82) is 0 Å². The summed E-state index contributed by atoms with van der Waals surface area (Å²) >= 11 is 0. The molecule has 3 heteroatoms. The lowest BCUT2D eigenvalue weighted by Crippen LogP contribution is -2.60. The van der Waals surface area contributed by atoms with Gasteiger partial charge in [0.15, 0.2) is 0 Å². The van der Waals surface area contributed by atoms with Gasteiger partial charge in [-0.2, -0.15) is 0 Å². The third-order valence-corrected chi connectivity index (χ3v) is 3.50. The van der Waals surface area contributed by atoms with Crippen molar-refractivity contribution in [2.24, 2.45) is 0 Å². The van der Waals surface area contributed by atoms with Gasteiger partial charge < -0.3 is 5.32 Å². The summed E-state index contributed by atoms with van der Waals surface area (Å²) in [5, 5.41) is 3.48. The van der Waals surface area contributed by atoms with E-state index in [0.717, 1.165) is 25.2 Å². The highest BCUT2D eigenvalue weighted by atomic mass is 19.1. The molecule has 0 spiro atoms. The van der Waals surface area contributed by atoms with Crippen LogP contribution in [-0.2, 0) is 6.54 Å². The second-order valence-electron chi connectivity index (χ2n) is 5.60. The van der Waals surface area contributed by atoms with E-state index in [4.69, 9.17) is 0 Å². The molecule has 1 N–H and O–H groups in total. The number of benzene rings is 1. The first-order valence-electron chi connectivity index (χ1n) is 6.20. The SMILES string of the molecule is CC1CN(Cc2cccc(F)c2)C(C)(C)CN1. The molecule has 1 heterocycles. The van der Waals surface area contributed by atoms with Crippen molar-refractivity contribution in [2.45, 2.75) is 38.9 Å². The van der Waals surface area contributed by atoms with Crippen LogP contribution in [0.25, 0.3) is 0 Å². The van der Waals surface area contributed by atoms with E-state index in [2.05, 4.69) is 31.0 Å². The van der Waals surface area contributed by atoms with Gasteiger partial charge in [-0.05, 0) is 38.5 Å². The number of hydrogen-bond acceptors (Lipinski definition) is 2. The van der Waals surface area contributed by atoms with E-state index in [0.29, 0.717) is 6.04 Å². The van der Waals surface area contributed by atoms with Gasteiger partial charge in [0.05, 0.1) is 0 Å². The minimum atomic E-state index is -0.150. The molecule has 1 unspecified atom stereocenters. The van der Waals surface area contributed by atoms with Crippen LogP contribution in [0.3, 0.4) is 0 Å². The lowest BCUT2D eigenvalue weighted by molar-refractivity contribution is 0.0626. The van der Waals surface area contributed by atoms with Crippen molar-refractivity contribution in [3.63, 3.8) is 0 Å². The van der Waals surface area contributed by atoms with Crippen LogP contribution in [0.4, 0.5) is 4.39 Å². The minimum absolute atomic E-state index is 0.124. The molecule has 1 aliphatic heterocycles. The average molecular weight is 236 g/mol. The molecule has 94 valence electrons. The Morgan fingerprint density at radius 3 is 2.94 bits per heavy atom. The molecule has 1 saturated heterocycles. The third kappa shape index (κ3) is 3.05. The number of piperazine rings is 1. The molecule has 1 aliphatic rings. The van der Waals surface area contributed by atoms with Crippen LogP contribution in [0, 0.1) is 5.82 Å². The van der Waals surface area contributed by atoms with Crippen molar-refractivity contribution in [3.8, 4) is 0 Å². The predicted molar refractivity (Wildman–Crippen MR) is 68.4 cm³/mol. The average Bonchev–Trinajstić information content (AvgIpc) is 2.24. The highest BCUT2D eigenvalue weighted by Crippen LogP contribution is 2.21. The summed E-state index contributed by atoms with van der Waals surface area (Å²) in [6.45, 7) is 9.44. The van der Waals surface area contributed by atoms with E-state index in [-0.39, 0.29) is 11.4 Å². The van der Waals surface area contributed by atoms with E-state index in [9.17, 15) is 4.39 Å². The highest BCUT2D eigenvalue weighted by molar-refractivity contribution is 5.16. The molecule has 1 aromatic carbocycles. The van der Waals surface area contributed by atoms with Crippen LogP contribution in [-0.4, -0.2) is 29.6 Å². The first kappa shape index (κ1) is 12.5. The van der Waals surface area contributed by atoms with Crippen molar-refractivity contribution < 1.29 is 4.39 Å². The van der Waals surface area contributed by atoms with E-state index in [1.165, 1.54) is 6.07 Å². The van der Waals surface area contributed by atoms with Gasteiger partial charge in [0.2, 0.25) is 0 Å². The maximum Gasteiger partial charge on any atom is 0.123 e. The van der Waals surface area contributed by atoms with Gasteiger partial charge in [-0.1, -0.05) is 12.1 Å². The monoisotopic (exact) mass is 236 g/mol. The normalized spacial score (nSPS) is 24.8. The fourth-order valence-electron chi connectivity index (χ4n) is 2.31. The molecule has 1 aromatic rings. The summed E-state index contributed by atoms with van der Waals surface area (Å²) in [6, 6.07) is 7.39. The first-order valence-corrected chi connectivity index (χ1v) is 6.20. The Hall–Kier alpha value is -0.930. The van der Waals surface area contributed by atoms with Gasteiger partial charge in [-0.3, -0.25) is 4.90 Å². The molecule has 0 saturated carbocycles. The van der Waals surface area contributed by atoms with Crippen LogP contribution in [0.15, 0.2) is 24.3 Å². The van der Waals surface area contributed by atoms with Gasteiger partial charge in [0.1, 0.15) is 5.82 Å². The molecule has 2 nitrogen and oxygen atoms in total. The van der Waals surface area contributed by atoms with E-state index >= 15 is 0 Å². The smallest absolute Gasteiger partial charge is 0.123 e. The van der Waals surface area contributed by atoms with Gasteiger partial charge >= 0.3 is 0 Å². The fraction of sp³-hybridized carbons (Fsp3) is 0.571. The Balaban J connectivity index is 2.11. The lowest BCUT2D eigenvalue weighted by Gasteiger charge is -2.45. The number of rotatable bonds is 2. The molecule has 0 bridgehead atoms. The van der Waals surface area contributed by atoms with E-state index < -0.39 is 0 Å². The van der Waals surface area contributed by atoms with Crippen LogP contribution in [0.1, 0.15) is 26.3 Å². The summed E-state index contributed by atoms with van der Waals surface area (Å²) < 4.78 is 13.2. The van der Waals surface area contributed by atoms with Crippen LogP contribution in [0.5, 0.6) is 0 Å². The predicted octanol–water partition coefficient (Wildman–Crippen LogP) is 2.40. The summed E-state index contributed by atoms with van der Waals surface area (Å²) in [7, 11) is 0. The van der Waals surface area contributed by atoms with Crippen LogP contribution >= 0.6 is 0 Å². The van der Waals surface area contributed by atoms with E-state index in [1.807, 2.05) is 6.07 Å². The third-order valence-electron chi connectivity index (χ3n) is 3.50. The molecule has 0 aliphatic carbocycles. The van der Waals surface area contributed by atoms with Crippen molar-refractivity contribution in [1.82, 2.24) is 10.2 Å². The molecular formula is C14H21FN2. The van der Waals surface area contributed by atoms with Crippen LogP contribution < -0.4 is 5.32 Å². The zero-order chi connectivity index (χ0) is 12.5. The fourth-order valence-corrected chi connectivity index (χ4v) is 2.31. The summed E-state index contributed by atoms with van der Waals surface area (Å²) in [6.07, 6.45) is 0. The van der Waals surface area contributed by atoms with Crippen molar-refractivity contribution in [2.75, 3.05) is 13.1 Å². The molecule has 17 heavy (non-hydrogen) atoms. The van der Waals surface area contributed by atoms with Gasteiger partial charge in [0, 0.05) is 31.2 Å². The van der Waals surface area contributed by atoms with Crippen molar-refractivity contribution in [3.05, 3.63) is 35.6 Å². The molecule has 1 fully saturated rings. The second kappa shape index (κ2) is 4.75. The van der Waals surface area contributed by atoms with E-state index in [1.54, 1.807) is 12.1 Å². The van der Waals surface area contributed by atoms with Crippen LogP contribution in [0.2, 0.25) is 0 Å². The molecule has 0 amide bonds. The van der Waals surface area contributed by atoms with Gasteiger partial charge in [0.25, 0.3) is 0 Å². The molecule has 2 rings (SSSR count). The Morgan fingerprint density at radius 2 is 2.24 bits per heavy atom. The number of hydrogen-bond donors (Lipinski definition) is 1. The zero-order valence-electron chi connectivity index (χ0n) is 10.8. The topological polar surface area (TPSA) is 15.3 Å². The maximum atomic E-state index is 13.2. The molecule has 0 radical (unpaired) electrons. The lowest BCUT2D eigenvalue weighted by atomic mass is 9.97. The number of nitrogens with zero attached hydrogens (tertiary/aromatic N) is 1. The minimum Gasteiger partial charge on any atom is -0.311 e. The maximum absolute atomic E-state index is 13.2. The second-order valence-corrected chi connectivity index (χ2v) is 5.60. The number of halogens is 1. The quantitative estimate of drug-likeness (QED) is 0.848. The highest BCUT2D eigenvalue weighted by Gasteiger charge is 2.32. The molecular weight excluding hydrogens is 215 g/mol. The van der Waals surface area contributed by atoms with Gasteiger partial charge in [-0.25, -0.2) is 4.39 Å². The first-order chi connectivity index (χ1) is 7.97. The zero-order valence-corrected chi connectivity index (χ0v) is 10.8. The number of nitrogens with one attached hydrogen (secondary N) is 1. The Morgan fingerprint density at radius 1 is 1.47 bits per heavy atom. The Kier molecular flexibility index (Phi) is 3.50. The summed E-state index contributed by atoms with van der Waals surface area (Å²) in [5.74, 6) is -0.150. The largest absolute Gasteiger partial charge is 0.311 e. The molecule has 0 aromatic heterocycles. The summed E-state index contributed by atoms with van der Waals surface area (Å²) in [4.78, 5) is 2.42. The van der Waals surface area contributed by atoms with Crippen molar-refractivity contribution >= 4 is 0 Å².